The smallest absolute Gasteiger partial charge is 0.0843 e. The van der Waals surface area contributed by atoms with Gasteiger partial charge in [0.05, 0.1) is 22.8 Å². The van der Waals surface area contributed by atoms with Gasteiger partial charge >= 0.3 is 0 Å². The Bertz CT molecular complexity index is 1380. The lowest BCUT2D eigenvalue weighted by Gasteiger charge is -2.27. The largest absolute Gasteiger partial charge is 0.411 e. The van der Waals surface area contributed by atoms with Gasteiger partial charge in [-0.25, -0.2) is 0 Å². The zero-order valence-electron chi connectivity index (χ0n) is 19.7. The summed E-state index contributed by atoms with van der Waals surface area (Å²) in [6.45, 7) is 5.26. The fourth-order valence-corrected chi connectivity index (χ4v) is 4.09. The van der Waals surface area contributed by atoms with Crippen molar-refractivity contribution in [1.29, 1.82) is 0 Å². The van der Waals surface area contributed by atoms with Crippen LogP contribution in [-0.2, 0) is 0 Å². The monoisotopic (exact) mass is 466 g/mol. The Morgan fingerprint density at radius 3 is 1.46 bits per heavy atom. The molecule has 176 valence electrons. The van der Waals surface area contributed by atoms with E-state index in [2.05, 4.69) is 20.4 Å². The molecule has 0 heterocycles. The van der Waals surface area contributed by atoms with Crippen LogP contribution < -0.4 is 4.90 Å². The normalized spacial score (nSPS) is 12.7. The first kappa shape index (κ1) is 23.5. The molecule has 0 fully saturated rings. The number of nitrogens with zero attached hydrogens (tertiary/aromatic N) is 4. The number of hydrogen-bond donors (Lipinski definition) is 3. The summed E-state index contributed by atoms with van der Waals surface area (Å²) in [5.74, 6) is 0. The van der Waals surface area contributed by atoms with Crippen LogP contribution in [0, 0.1) is 0 Å². The summed E-state index contributed by atoms with van der Waals surface area (Å²) in [4.78, 5) is 2.13. The standard InChI is InChI=1S/C28H26N4O3/c1-18(29-33)21-8-12-23(13-9-21)32(24-14-10-22(11-15-24)19(2)30-34)28-17-16-25(20(3)31-35)26-6-4-5-7-27(26)28/h4-17,33-35H,1-3H3/b29-18-,30-19+,31-20+. The Balaban J connectivity index is 1.94. The topological polar surface area (TPSA) is 101 Å². The summed E-state index contributed by atoms with van der Waals surface area (Å²) in [6, 6.07) is 27.5. The fraction of sp³-hybridized carbons (Fsp3) is 0.107. The Morgan fingerprint density at radius 2 is 1.00 bits per heavy atom. The molecule has 0 saturated carbocycles. The molecular weight excluding hydrogens is 440 g/mol. The molecule has 4 aromatic rings. The van der Waals surface area contributed by atoms with E-state index in [0.717, 1.165) is 44.5 Å². The van der Waals surface area contributed by atoms with Gasteiger partial charge in [-0.15, -0.1) is 0 Å². The number of anilines is 3. The second-order valence-corrected chi connectivity index (χ2v) is 8.16. The molecule has 3 N–H and O–H groups in total. The van der Waals surface area contributed by atoms with Gasteiger partial charge in [0.25, 0.3) is 0 Å². The van der Waals surface area contributed by atoms with E-state index >= 15 is 0 Å². The molecule has 0 amide bonds. The number of rotatable bonds is 6. The second kappa shape index (κ2) is 10.1. The maximum absolute atomic E-state index is 9.39. The van der Waals surface area contributed by atoms with Crippen LogP contribution in [0.1, 0.15) is 37.5 Å². The van der Waals surface area contributed by atoms with Crippen molar-refractivity contribution in [2.45, 2.75) is 20.8 Å². The molecule has 0 aliphatic carbocycles. The van der Waals surface area contributed by atoms with Crippen LogP contribution in [0.2, 0.25) is 0 Å². The van der Waals surface area contributed by atoms with Gasteiger partial charge in [-0.2, -0.15) is 0 Å². The molecule has 7 nitrogen and oxygen atoms in total. The van der Waals surface area contributed by atoms with Crippen LogP contribution in [0.15, 0.2) is 100 Å². The van der Waals surface area contributed by atoms with E-state index in [1.165, 1.54) is 0 Å². The minimum Gasteiger partial charge on any atom is -0.411 e. The van der Waals surface area contributed by atoms with Crippen molar-refractivity contribution >= 4 is 45.0 Å². The summed E-state index contributed by atoms with van der Waals surface area (Å²) < 4.78 is 0. The third-order valence-electron chi connectivity index (χ3n) is 6.07. The van der Waals surface area contributed by atoms with Gasteiger partial charge in [0.15, 0.2) is 0 Å². The Hall–Kier alpha value is -4.65. The molecule has 0 aromatic heterocycles. The van der Waals surface area contributed by atoms with Gasteiger partial charge in [-0.05, 0) is 67.6 Å². The van der Waals surface area contributed by atoms with Crippen molar-refractivity contribution in [2.75, 3.05) is 4.90 Å². The van der Waals surface area contributed by atoms with Gasteiger partial charge < -0.3 is 20.5 Å². The Morgan fingerprint density at radius 1 is 0.543 bits per heavy atom. The quantitative estimate of drug-likeness (QED) is 0.163. The van der Waals surface area contributed by atoms with Crippen LogP contribution in [0.4, 0.5) is 17.1 Å². The predicted octanol–water partition coefficient (Wildman–Crippen LogP) is 6.90. The van der Waals surface area contributed by atoms with Crippen LogP contribution in [0.5, 0.6) is 0 Å². The van der Waals surface area contributed by atoms with Crippen LogP contribution in [0.25, 0.3) is 10.8 Å². The van der Waals surface area contributed by atoms with E-state index in [1.807, 2.05) is 84.9 Å². The highest BCUT2D eigenvalue weighted by molar-refractivity contribution is 6.13. The summed E-state index contributed by atoms with van der Waals surface area (Å²) in [7, 11) is 0. The van der Waals surface area contributed by atoms with Crippen molar-refractivity contribution in [2.24, 2.45) is 15.5 Å². The molecule has 0 aliphatic rings. The summed E-state index contributed by atoms with van der Waals surface area (Å²) in [6.07, 6.45) is 0. The van der Waals surface area contributed by atoms with Gasteiger partial charge in [0.1, 0.15) is 0 Å². The molecule has 7 heteroatoms. The molecule has 0 saturated heterocycles. The lowest BCUT2D eigenvalue weighted by molar-refractivity contribution is 0.319. The van der Waals surface area contributed by atoms with Gasteiger partial charge in [-0.1, -0.05) is 70.1 Å². The van der Waals surface area contributed by atoms with E-state index in [0.29, 0.717) is 17.1 Å². The highest BCUT2D eigenvalue weighted by Crippen LogP contribution is 2.40. The van der Waals surface area contributed by atoms with E-state index in [1.54, 1.807) is 20.8 Å². The molecule has 0 aliphatic heterocycles. The minimum atomic E-state index is 0.528. The molecule has 0 bridgehead atoms. The number of hydrogen-bond acceptors (Lipinski definition) is 7. The Labute approximate surface area is 203 Å². The SMILES string of the molecule is C/C(=N/O)c1ccc(N(c2ccc(/C(C)=N/O)cc2)c2ccc(/C(C)=N/O)c3ccccc23)cc1. The third-order valence-corrected chi connectivity index (χ3v) is 6.07. The van der Waals surface area contributed by atoms with Crippen LogP contribution in [-0.4, -0.2) is 32.8 Å². The fourth-order valence-electron chi connectivity index (χ4n) is 4.09. The summed E-state index contributed by atoms with van der Waals surface area (Å²) in [5.41, 5.74) is 6.82. The van der Waals surface area contributed by atoms with Crippen molar-refractivity contribution in [3.05, 3.63) is 102 Å². The first-order valence-electron chi connectivity index (χ1n) is 11.1. The maximum atomic E-state index is 9.39. The third kappa shape index (κ3) is 4.56. The number of fused-ring (bicyclic) bond motifs is 1. The van der Waals surface area contributed by atoms with Crippen molar-refractivity contribution in [3.8, 4) is 0 Å². The molecule has 4 aromatic carbocycles. The maximum Gasteiger partial charge on any atom is 0.0843 e. The minimum absolute atomic E-state index is 0.528. The lowest BCUT2D eigenvalue weighted by Crippen LogP contribution is -2.12. The molecular formula is C28H26N4O3. The first-order valence-corrected chi connectivity index (χ1v) is 11.1. The van der Waals surface area contributed by atoms with E-state index in [4.69, 9.17) is 10.4 Å². The molecule has 35 heavy (non-hydrogen) atoms. The first-order chi connectivity index (χ1) is 17.0. The van der Waals surface area contributed by atoms with Crippen molar-refractivity contribution < 1.29 is 15.6 Å². The predicted molar refractivity (Wildman–Crippen MR) is 141 cm³/mol. The average molecular weight is 467 g/mol. The summed E-state index contributed by atoms with van der Waals surface area (Å²) in [5, 5.41) is 39.6. The zero-order chi connectivity index (χ0) is 24.9. The van der Waals surface area contributed by atoms with Crippen LogP contribution >= 0.6 is 0 Å². The molecule has 0 spiro atoms. The highest BCUT2D eigenvalue weighted by Gasteiger charge is 2.18. The highest BCUT2D eigenvalue weighted by atomic mass is 16.4. The second-order valence-electron chi connectivity index (χ2n) is 8.16. The molecule has 4 rings (SSSR count). The van der Waals surface area contributed by atoms with Crippen LogP contribution in [0.3, 0.4) is 0 Å². The molecule has 0 unspecified atom stereocenters. The molecule has 0 radical (unpaired) electrons. The number of oxime groups is 3. The number of benzene rings is 4. The summed E-state index contributed by atoms with van der Waals surface area (Å²) >= 11 is 0. The van der Waals surface area contributed by atoms with Crippen molar-refractivity contribution in [3.63, 3.8) is 0 Å². The van der Waals surface area contributed by atoms with Gasteiger partial charge in [-0.3, -0.25) is 0 Å². The Kier molecular flexibility index (Phi) is 6.78. The van der Waals surface area contributed by atoms with E-state index in [9.17, 15) is 5.21 Å². The lowest BCUT2D eigenvalue weighted by atomic mass is 9.98. The van der Waals surface area contributed by atoms with E-state index in [-0.39, 0.29) is 0 Å². The van der Waals surface area contributed by atoms with E-state index < -0.39 is 0 Å². The zero-order valence-corrected chi connectivity index (χ0v) is 19.7. The molecule has 0 atom stereocenters. The van der Waals surface area contributed by atoms with Gasteiger partial charge in [0, 0.05) is 22.3 Å². The van der Waals surface area contributed by atoms with Gasteiger partial charge in [0.2, 0.25) is 0 Å². The van der Waals surface area contributed by atoms with Crippen molar-refractivity contribution in [1.82, 2.24) is 0 Å². The average Bonchev–Trinajstić information content (AvgIpc) is 2.92.